The average molecular weight is 309 g/mol. The Bertz CT molecular complexity index is 323. The predicted octanol–water partition coefficient (Wildman–Crippen LogP) is 2.95. The molecule has 2 rings (SSSR count). The molecule has 1 N–H and O–H groups in total. The summed E-state index contributed by atoms with van der Waals surface area (Å²) in [6.45, 7) is 9.71. The molecule has 2 aliphatic heterocycles. The normalized spacial score (nSPS) is 24.5. The minimum absolute atomic E-state index is 0.803. The van der Waals surface area contributed by atoms with Crippen LogP contribution in [0.3, 0.4) is 0 Å². The van der Waals surface area contributed by atoms with Crippen LogP contribution in [0.25, 0.3) is 0 Å². The second-order valence-corrected chi connectivity index (χ2v) is 7.13. The Labute approximate surface area is 137 Å². The van der Waals surface area contributed by atoms with Crippen molar-refractivity contribution in [1.82, 2.24) is 15.1 Å². The zero-order valence-corrected chi connectivity index (χ0v) is 14.8. The summed E-state index contributed by atoms with van der Waals surface area (Å²) < 4.78 is 0. The number of likely N-dealkylation sites (tertiary alicyclic amines) is 2. The van der Waals surface area contributed by atoms with Gasteiger partial charge in [-0.1, -0.05) is 19.8 Å². The molecule has 2 aliphatic rings. The second kappa shape index (κ2) is 10.1. The number of aliphatic imine (C=N–C) groups is 1. The quantitative estimate of drug-likeness (QED) is 0.465. The Morgan fingerprint density at radius 2 is 1.86 bits per heavy atom. The lowest BCUT2D eigenvalue weighted by Gasteiger charge is -2.33. The molecule has 0 aliphatic carbocycles. The molecule has 0 aromatic carbocycles. The van der Waals surface area contributed by atoms with Crippen molar-refractivity contribution in [2.24, 2.45) is 10.9 Å². The van der Waals surface area contributed by atoms with E-state index in [-0.39, 0.29) is 0 Å². The Hall–Kier alpha value is -0.770. The van der Waals surface area contributed by atoms with Crippen molar-refractivity contribution in [2.45, 2.75) is 58.3 Å². The Morgan fingerprint density at radius 3 is 2.59 bits per heavy atom. The molecule has 128 valence electrons. The van der Waals surface area contributed by atoms with Gasteiger partial charge in [0.05, 0.1) is 0 Å². The van der Waals surface area contributed by atoms with Crippen LogP contribution in [0.15, 0.2) is 4.99 Å². The van der Waals surface area contributed by atoms with Gasteiger partial charge in [0.15, 0.2) is 5.96 Å². The molecule has 2 fully saturated rings. The van der Waals surface area contributed by atoms with E-state index in [0.29, 0.717) is 0 Å². The first kappa shape index (κ1) is 17.6. The second-order valence-electron chi connectivity index (χ2n) is 7.13. The molecule has 0 amide bonds. The highest BCUT2D eigenvalue weighted by atomic mass is 15.3. The van der Waals surface area contributed by atoms with Crippen molar-refractivity contribution in [2.75, 3.05) is 46.3 Å². The van der Waals surface area contributed by atoms with Gasteiger partial charge in [0.2, 0.25) is 0 Å². The number of nitrogens with zero attached hydrogens (tertiary/aromatic N) is 3. The smallest absolute Gasteiger partial charge is 0.193 e. The fourth-order valence-corrected chi connectivity index (χ4v) is 3.73. The minimum atomic E-state index is 0.803. The maximum atomic E-state index is 4.46. The number of hydrogen-bond donors (Lipinski definition) is 1. The van der Waals surface area contributed by atoms with E-state index in [1.54, 1.807) is 0 Å². The van der Waals surface area contributed by atoms with Gasteiger partial charge in [-0.05, 0) is 64.1 Å². The zero-order chi connectivity index (χ0) is 15.6. The van der Waals surface area contributed by atoms with Crippen molar-refractivity contribution in [3.63, 3.8) is 0 Å². The van der Waals surface area contributed by atoms with Crippen LogP contribution in [0.1, 0.15) is 58.3 Å². The molecule has 2 saturated heterocycles. The fourth-order valence-electron chi connectivity index (χ4n) is 3.73. The lowest BCUT2D eigenvalue weighted by atomic mass is 10.0. The van der Waals surface area contributed by atoms with E-state index in [0.717, 1.165) is 25.0 Å². The summed E-state index contributed by atoms with van der Waals surface area (Å²) in [7, 11) is 1.91. The van der Waals surface area contributed by atoms with Crippen molar-refractivity contribution >= 4 is 5.96 Å². The standard InChI is InChI=1S/C18H36N4/c1-17-10-9-15-22(16-17)18(19-2)20-11-5-3-6-12-21-13-7-4-8-14-21/h17H,3-16H2,1-2H3,(H,19,20). The van der Waals surface area contributed by atoms with Crippen LogP contribution >= 0.6 is 0 Å². The molecule has 4 heteroatoms. The van der Waals surface area contributed by atoms with Crippen molar-refractivity contribution in [3.8, 4) is 0 Å². The number of rotatable bonds is 6. The van der Waals surface area contributed by atoms with Crippen LogP contribution in [0.4, 0.5) is 0 Å². The largest absolute Gasteiger partial charge is 0.356 e. The van der Waals surface area contributed by atoms with Gasteiger partial charge in [-0.15, -0.1) is 0 Å². The highest BCUT2D eigenvalue weighted by molar-refractivity contribution is 5.79. The molecule has 0 aromatic heterocycles. The predicted molar refractivity (Wildman–Crippen MR) is 95.5 cm³/mol. The first-order valence-electron chi connectivity index (χ1n) is 9.47. The highest BCUT2D eigenvalue weighted by Crippen LogP contribution is 2.15. The lowest BCUT2D eigenvalue weighted by molar-refractivity contribution is 0.224. The molecule has 2 heterocycles. The first-order valence-corrected chi connectivity index (χ1v) is 9.47. The lowest BCUT2D eigenvalue weighted by Crippen LogP contribution is -2.46. The molecular formula is C18H36N4. The van der Waals surface area contributed by atoms with Crippen LogP contribution in [0, 0.1) is 5.92 Å². The molecule has 22 heavy (non-hydrogen) atoms. The van der Waals surface area contributed by atoms with E-state index >= 15 is 0 Å². The molecule has 0 bridgehead atoms. The molecular weight excluding hydrogens is 272 g/mol. The Kier molecular flexibility index (Phi) is 8.06. The van der Waals surface area contributed by atoms with E-state index in [9.17, 15) is 0 Å². The number of piperidine rings is 2. The van der Waals surface area contributed by atoms with Gasteiger partial charge < -0.3 is 15.1 Å². The van der Waals surface area contributed by atoms with Crippen molar-refractivity contribution in [3.05, 3.63) is 0 Å². The highest BCUT2D eigenvalue weighted by Gasteiger charge is 2.18. The summed E-state index contributed by atoms with van der Waals surface area (Å²) in [5.41, 5.74) is 0. The van der Waals surface area contributed by atoms with E-state index in [4.69, 9.17) is 0 Å². The number of unbranched alkanes of at least 4 members (excludes halogenated alkanes) is 2. The Balaban J connectivity index is 1.53. The maximum absolute atomic E-state index is 4.46. The SMILES string of the molecule is CN=C(NCCCCCN1CCCCC1)N1CCCC(C)C1. The van der Waals surface area contributed by atoms with Gasteiger partial charge in [-0.2, -0.15) is 0 Å². The number of guanidine groups is 1. The molecule has 0 aromatic rings. The van der Waals surface area contributed by atoms with E-state index in [1.807, 2.05) is 7.05 Å². The molecule has 0 radical (unpaired) electrons. The first-order chi connectivity index (χ1) is 10.8. The average Bonchev–Trinajstić information content (AvgIpc) is 2.55. The zero-order valence-electron chi connectivity index (χ0n) is 14.8. The summed E-state index contributed by atoms with van der Waals surface area (Å²) in [4.78, 5) is 9.54. The van der Waals surface area contributed by atoms with E-state index < -0.39 is 0 Å². The van der Waals surface area contributed by atoms with Crippen LogP contribution in [0.5, 0.6) is 0 Å². The number of hydrogen-bond acceptors (Lipinski definition) is 2. The third-order valence-corrected chi connectivity index (χ3v) is 5.05. The maximum Gasteiger partial charge on any atom is 0.193 e. The summed E-state index contributed by atoms with van der Waals surface area (Å²) in [5, 5.41) is 3.56. The third kappa shape index (κ3) is 6.15. The van der Waals surface area contributed by atoms with Crippen LogP contribution in [-0.2, 0) is 0 Å². The van der Waals surface area contributed by atoms with E-state index in [2.05, 4.69) is 27.0 Å². The Morgan fingerprint density at radius 1 is 1.05 bits per heavy atom. The van der Waals surface area contributed by atoms with Gasteiger partial charge in [0.25, 0.3) is 0 Å². The summed E-state index contributed by atoms with van der Waals surface area (Å²) in [5.74, 6) is 1.92. The van der Waals surface area contributed by atoms with Gasteiger partial charge in [-0.25, -0.2) is 0 Å². The van der Waals surface area contributed by atoms with Crippen LogP contribution in [-0.4, -0.2) is 62.1 Å². The van der Waals surface area contributed by atoms with Crippen molar-refractivity contribution < 1.29 is 0 Å². The number of nitrogens with one attached hydrogen (secondary N) is 1. The summed E-state index contributed by atoms with van der Waals surface area (Å²) >= 11 is 0. The van der Waals surface area contributed by atoms with Gasteiger partial charge in [0.1, 0.15) is 0 Å². The summed E-state index contributed by atoms with van der Waals surface area (Å²) in [6.07, 6.45) is 10.9. The van der Waals surface area contributed by atoms with Crippen molar-refractivity contribution in [1.29, 1.82) is 0 Å². The fraction of sp³-hybridized carbons (Fsp3) is 0.944. The molecule has 1 unspecified atom stereocenters. The minimum Gasteiger partial charge on any atom is -0.356 e. The van der Waals surface area contributed by atoms with Gasteiger partial charge >= 0.3 is 0 Å². The summed E-state index contributed by atoms with van der Waals surface area (Å²) in [6, 6.07) is 0. The molecule has 4 nitrogen and oxygen atoms in total. The van der Waals surface area contributed by atoms with Crippen LogP contribution < -0.4 is 5.32 Å². The topological polar surface area (TPSA) is 30.9 Å². The van der Waals surface area contributed by atoms with E-state index in [1.165, 1.54) is 77.5 Å². The third-order valence-electron chi connectivity index (χ3n) is 5.05. The monoisotopic (exact) mass is 308 g/mol. The molecule has 0 saturated carbocycles. The van der Waals surface area contributed by atoms with Gasteiger partial charge in [0, 0.05) is 26.7 Å². The van der Waals surface area contributed by atoms with Gasteiger partial charge in [-0.3, -0.25) is 4.99 Å². The molecule has 1 atom stereocenters. The van der Waals surface area contributed by atoms with Crippen LogP contribution in [0.2, 0.25) is 0 Å². The molecule has 0 spiro atoms.